The number of aryl methyl sites for hydroxylation is 1. The average Bonchev–Trinajstić information content (AvgIpc) is 2.82. The zero-order valence-corrected chi connectivity index (χ0v) is 20.4. The third kappa shape index (κ3) is 6.39. The highest BCUT2D eigenvalue weighted by atomic mass is 32.2. The number of benzene rings is 2. The molecule has 1 aliphatic rings. The van der Waals surface area contributed by atoms with E-state index >= 15 is 0 Å². The fourth-order valence-corrected chi connectivity index (χ4v) is 5.61. The first kappa shape index (κ1) is 25.3. The van der Waals surface area contributed by atoms with E-state index in [0.29, 0.717) is 32.7 Å². The van der Waals surface area contributed by atoms with Crippen LogP contribution in [0.5, 0.6) is 0 Å². The molecule has 9 nitrogen and oxygen atoms in total. The summed E-state index contributed by atoms with van der Waals surface area (Å²) in [7, 11) is -4.07. The second-order valence-corrected chi connectivity index (χ2v) is 12.0. The van der Waals surface area contributed by atoms with E-state index in [9.17, 15) is 21.6 Å². The second-order valence-electron chi connectivity index (χ2n) is 7.87. The molecular weight excluding hydrogens is 466 g/mol. The van der Waals surface area contributed by atoms with Crippen molar-refractivity contribution in [2.75, 3.05) is 40.4 Å². The molecule has 0 radical (unpaired) electrons. The van der Waals surface area contributed by atoms with Crippen LogP contribution in [0, 0.1) is 0 Å². The quantitative estimate of drug-likeness (QED) is 0.560. The summed E-state index contributed by atoms with van der Waals surface area (Å²) in [5, 5.41) is 2.82. The molecule has 3 rings (SSSR count). The molecular formula is C22H29N3O6S2. The Labute approximate surface area is 195 Å². The number of carbonyl (C=O) groups is 1. The van der Waals surface area contributed by atoms with Gasteiger partial charge in [0.2, 0.25) is 26.0 Å². The van der Waals surface area contributed by atoms with Gasteiger partial charge in [-0.3, -0.25) is 4.79 Å². The Balaban J connectivity index is 1.49. The fraction of sp³-hybridized carbons (Fsp3) is 0.409. The summed E-state index contributed by atoms with van der Waals surface area (Å²) < 4.78 is 57.3. The molecule has 1 fully saturated rings. The Bertz CT molecular complexity index is 1160. The summed E-state index contributed by atoms with van der Waals surface area (Å²) in [6, 6.07) is 13.0. The molecule has 1 aliphatic heterocycles. The zero-order valence-electron chi connectivity index (χ0n) is 18.7. The molecule has 2 aromatic carbocycles. The van der Waals surface area contributed by atoms with E-state index in [1.54, 1.807) is 36.4 Å². The maximum Gasteiger partial charge on any atom is 0.243 e. The van der Waals surface area contributed by atoms with Crippen LogP contribution in [0.15, 0.2) is 58.3 Å². The summed E-state index contributed by atoms with van der Waals surface area (Å²) in [5.74, 6) is -0.148. The van der Waals surface area contributed by atoms with Gasteiger partial charge in [-0.1, -0.05) is 24.3 Å². The maximum atomic E-state index is 12.7. The van der Waals surface area contributed by atoms with Crippen LogP contribution in [0.3, 0.4) is 0 Å². The molecule has 33 heavy (non-hydrogen) atoms. The van der Waals surface area contributed by atoms with Crippen LogP contribution in [0.2, 0.25) is 0 Å². The molecule has 1 saturated heterocycles. The number of hydrogen-bond donors (Lipinski definition) is 1. The highest BCUT2D eigenvalue weighted by Gasteiger charge is 2.26. The van der Waals surface area contributed by atoms with E-state index in [4.69, 9.17) is 4.74 Å². The van der Waals surface area contributed by atoms with Crippen LogP contribution in [0.1, 0.15) is 17.5 Å². The van der Waals surface area contributed by atoms with Gasteiger partial charge in [-0.05, 0) is 41.8 Å². The largest absolute Gasteiger partial charge is 0.379 e. The number of rotatable bonds is 9. The van der Waals surface area contributed by atoms with E-state index in [1.807, 2.05) is 0 Å². The molecule has 180 valence electrons. The van der Waals surface area contributed by atoms with Gasteiger partial charge in [-0.25, -0.2) is 21.1 Å². The molecule has 0 spiro atoms. The lowest BCUT2D eigenvalue weighted by atomic mass is 10.1. The number of nitrogens with zero attached hydrogens (tertiary/aromatic N) is 2. The second kappa shape index (κ2) is 10.7. The lowest BCUT2D eigenvalue weighted by Crippen LogP contribution is -2.40. The molecule has 11 heteroatoms. The number of morpholine rings is 1. The van der Waals surface area contributed by atoms with Crippen molar-refractivity contribution >= 4 is 26.0 Å². The summed E-state index contributed by atoms with van der Waals surface area (Å²) in [4.78, 5) is 12.6. The van der Waals surface area contributed by atoms with Crippen LogP contribution < -0.4 is 5.32 Å². The number of sulfonamides is 2. The molecule has 2 aromatic rings. The predicted octanol–water partition coefficient (Wildman–Crippen LogP) is 1.21. The van der Waals surface area contributed by atoms with Crippen molar-refractivity contribution in [3.63, 3.8) is 0 Å². The monoisotopic (exact) mass is 495 g/mol. The Kier molecular flexibility index (Phi) is 8.24. The number of nitrogens with one attached hydrogen (secondary N) is 1. The molecule has 0 unspecified atom stereocenters. The van der Waals surface area contributed by atoms with Crippen LogP contribution >= 0.6 is 0 Å². The minimum Gasteiger partial charge on any atom is -0.379 e. The Morgan fingerprint density at radius 2 is 1.45 bits per heavy atom. The lowest BCUT2D eigenvalue weighted by molar-refractivity contribution is -0.121. The van der Waals surface area contributed by atoms with Crippen molar-refractivity contribution < 1.29 is 26.4 Å². The fourth-order valence-electron chi connectivity index (χ4n) is 3.30. The van der Waals surface area contributed by atoms with Crippen molar-refractivity contribution in [1.82, 2.24) is 13.9 Å². The smallest absolute Gasteiger partial charge is 0.243 e. The van der Waals surface area contributed by atoms with Gasteiger partial charge in [0.1, 0.15) is 0 Å². The van der Waals surface area contributed by atoms with Gasteiger partial charge < -0.3 is 10.1 Å². The van der Waals surface area contributed by atoms with Crippen molar-refractivity contribution in [3.05, 3.63) is 59.7 Å². The van der Waals surface area contributed by atoms with Crippen LogP contribution in [-0.4, -0.2) is 71.8 Å². The summed E-state index contributed by atoms with van der Waals surface area (Å²) in [6.07, 6.45) is 0.729. The molecule has 0 aliphatic carbocycles. The predicted molar refractivity (Wildman–Crippen MR) is 124 cm³/mol. The number of carbonyl (C=O) groups excluding carboxylic acids is 1. The van der Waals surface area contributed by atoms with Gasteiger partial charge in [0, 0.05) is 40.2 Å². The first-order valence-electron chi connectivity index (χ1n) is 10.6. The highest BCUT2D eigenvalue weighted by molar-refractivity contribution is 7.89. The third-order valence-corrected chi connectivity index (χ3v) is 9.11. The van der Waals surface area contributed by atoms with E-state index in [-0.39, 0.29) is 28.7 Å². The first-order chi connectivity index (χ1) is 15.6. The first-order valence-corrected chi connectivity index (χ1v) is 13.4. The van der Waals surface area contributed by atoms with E-state index in [2.05, 4.69) is 5.32 Å². The zero-order chi connectivity index (χ0) is 24.1. The maximum absolute atomic E-state index is 12.7. The minimum atomic E-state index is -3.53. The highest BCUT2D eigenvalue weighted by Crippen LogP contribution is 2.18. The van der Waals surface area contributed by atoms with Gasteiger partial charge in [0.05, 0.1) is 23.0 Å². The lowest BCUT2D eigenvalue weighted by Gasteiger charge is -2.26. The van der Waals surface area contributed by atoms with Crippen LogP contribution in [0.4, 0.5) is 0 Å². The van der Waals surface area contributed by atoms with E-state index < -0.39 is 20.0 Å². The topological polar surface area (TPSA) is 113 Å². The summed E-state index contributed by atoms with van der Waals surface area (Å²) >= 11 is 0. The summed E-state index contributed by atoms with van der Waals surface area (Å²) in [6.45, 7) is 1.77. The van der Waals surface area contributed by atoms with Gasteiger partial charge >= 0.3 is 0 Å². The Hall–Kier alpha value is -2.31. The van der Waals surface area contributed by atoms with Crippen molar-refractivity contribution in [3.8, 4) is 0 Å². The van der Waals surface area contributed by atoms with Crippen molar-refractivity contribution in [2.24, 2.45) is 0 Å². The standard InChI is InChI=1S/C22H29N3O6S2/c1-24(2)32(27,28)20-10-5-19(6-11-20)17-23-22(26)12-7-18-3-8-21(9-4-18)33(29,30)25-13-15-31-16-14-25/h3-6,8-11H,7,12-17H2,1-2H3,(H,23,26). The van der Waals surface area contributed by atoms with Crippen molar-refractivity contribution in [2.45, 2.75) is 29.2 Å². The van der Waals surface area contributed by atoms with E-state index in [1.165, 1.54) is 30.5 Å². The number of hydrogen-bond acceptors (Lipinski definition) is 6. The normalized spacial score (nSPS) is 15.5. The number of amides is 1. The van der Waals surface area contributed by atoms with E-state index in [0.717, 1.165) is 15.4 Å². The molecule has 0 aromatic heterocycles. The van der Waals surface area contributed by atoms with Crippen LogP contribution in [-0.2, 0) is 42.5 Å². The molecule has 1 heterocycles. The molecule has 1 amide bonds. The van der Waals surface area contributed by atoms with Crippen molar-refractivity contribution in [1.29, 1.82) is 0 Å². The average molecular weight is 496 g/mol. The molecule has 0 bridgehead atoms. The SMILES string of the molecule is CN(C)S(=O)(=O)c1ccc(CNC(=O)CCc2ccc(S(=O)(=O)N3CCOCC3)cc2)cc1. The molecule has 1 N–H and O–H groups in total. The van der Waals surface area contributed by atoms with Gasteiger partial charge in [0.25, 0.3) is 0 Å². The minimum absolute atomic E-state index is 0.148. The van der Waals surface area contributed by atoms with Gasteiger partial charge in [-0.15, -0.1) is 0 Å². The third-order valence-electron chi connectivity index (χ3n) is 5.36. The van der Waals surface area contributed by atoms with Gasteiger partial charge in [0.15, 0.2) is 0 Å². The Morgan fingerprint density at radius 3 is 2.03 bits per heavy atom. The molecule has 0 atom stereocenters. The Morgan fingerprint density at radius 1 is 0.909 bits per heavy atom. The van der Waals surface area contributed by atoms with Crippen LogP contribution in [0.25, 0.3) is 0 Å². The number of ether oxygens (including phenoxy) is 1. The van der Waals surface area contributed by atoms with Gasteiger partial charge in [-0.2, -0.15) is 4.31 Å². The summed E-state index contributed by atoms with van der Waals surface area (Å²) in [5.41, 5.74) is 1.66. The molecule has 0 saturated carbocycles.